The third-order valence-electron chi connectivity index (χ3n) is 14.2. The van der Waals surface area contributed by atoms with E-state index in [1.807, 2.05) is 90.1 Å². The third kappa shape index (κ3) is 212. The maximum atomic E-state index is 10.7. The number of carbonyl (C=O) groups excluding carboxylic acids is 6. The molecular formula is C115H208N10O17. The molecule has 0 aromatic carbocycles. The van der Waals surface area contributed by atoms with Crippen LogP contribution < -0.4 is 17.2 Å². The molecule has 3 amide bonds. The minimum Gasteiger partial charge on any atom is -0.478 e. The number of tetrazole rings is 1. The Hall–Kier alpha value is -10.3. The van der Waals surface area contributed by atoms with E-state index in [9.17, 15) is 33.6 Å². The first-order valence-corrected chi connectivity index (χ1v) is 49.8. The molecule has 1 rings (SSSR count). The molecule has 0 unspecified atom stereocenters. The minimum absolute atomic E-state index is 0.102. The highest BCUT2D eigenvalue weighted by molar-refractivity contribution is 5.91. The number of primary amides is 3. The minimum atomic E-state index is -0.992. The number of nitrogens with two attached hydrogens (primary N) is 3. The van der Waals surface area contributed by atoms with Gasteiger partial charge in [-0.1, -0.05) is 319 Å². The van der Waals surface area contributed by atoms with Crippen LogP contribution in [0.4, 0.5) is 0 Å². The Morgan fingerprint density at radius 1 is 0.465 bits per heavy atom. The number of hydrogen-bond acceptors (Lipinski definition) is 21. The van der Waals surface area contributed by atoms with Crippen molar-refractivity contribution in [2.24, 2.45) is 113 Å². The SMILES string of the molecule is C=C(C#N)COCC(C)C.C=C(COCC(C)C)C(=O)O.C=C(COCC(C)C)C(N)=O.C=C/C=C/CC(C)C.C=CCC(=O)OCC(C)C.C=CCCC(C)C.C=CCOCC(C)C.CC(C)=CCC(C)C.CC(C)C/C=C\C#N.CC(C)C/C=C\C(N)=O.CC(C)COC/C=C/C(N)=O.CC(C)Cc1nnn(C)n1.CCOC(=O)/C=C\CC(C)C.COC(=O)/C=C\CC(C)C.[C-]#[N+]/C=C/COCC(C)C. The summed E-state index contributed by atoms with van der Waals surface area (Å²) < 4.78 is 44.7. The summed E-state index contributed by atoms with van der Waals surface area (Å²) in [7, 11) is 3.15. The number of aliphatic carboxylic acids is 1. The summed E-state index contributed by atoms with van der Waals surface area (Å²) in [6, 6.07) is 3.86. The number of hydrogen-bond donors (Lipinski definition) is 4. The van der Waals surface area contributed by atoms with Gasteiger partial charge in [0.2, 0.25) is 17.7 Å². The van der Waals surface area contributed by atoms with E-state index in [0.717, 1.165) is 81.7 Å². The smallest absolute Gasteiger partial charge is 0.333 e. The van der Waals surface area contributed by atoms with Crippen LogP contribution in [0, 0.1) is 118 Å². The second kappa shape index (κ2) is 127. The number of aromatic nitrogens is 4. The fourth-order valence-corrected chi connectivity index (χ4v) is 7.37. The molecular weight excluding hydrogens is 1790 g/mol. The molecule has 0 fully saturated rings. The molecule has 1 heterocycles. The number of carboxylic acids is 1. The van der Waals surface area contributed by atoms with Gasteiger partial charge in [-0.25, -0.2) is 19.2 Å². The molecule has 0 atom stereocenters. The monoisotopic (exact) mass is 2000 g/mol. The summed E-state index contributed by atoms with van der Waals surface area (Å²) in [5.74, 6) is 6.87. The molecule has 7 N–H and O–H groups in total. The second-order valence-electron chi connectivity index (χ2n) is 38.5. The predicted molar refractivity (Wildman–Crippen MR) is 596 cm³/mol. The van der Waals surface area contributed by atoms with Gasteiger partial charge in [0.05, 0.1) is 97.7 Å². The lowest BCUT2D eigenvalue weighted by Crippen LogP contribution is -2.17. The van der Waals surface area contributed by atoms with Gasteiger partial charge in [-0.15, -0.1) is 29.9 Å². The summed E-state index contributed by atoms with van der Waals surface area (Å²) in [6.45, 7) is 108. The van der Waals surface area contributed by atoms with Crippen LogP contribution in [0.25, 0.3) is 4.85 Å². The summed E-state index contributed by atoms with van der Waals surface area (Å²) in [4.78, 5) is 77.3. The van der Waals surface area contributed by atoms with E-state index in [2.05, 4.69) is 263 Å². The Morgan fingerprint density at radius 3 is 1.16 bits per heavy atom. The molecule has 0 aliphatic carbocycles. The number of aryl methyl sites for hydroxylation is 1. The molecule has 27 heteroatoms. The maximum Gasteiger partial charge on any atom is 0.333 e. The standard InChI is InChI=1S/C9H16O2.2C8H15NO2.2C8H13NO.C8H14O3.2C8H14O2.C8H16.C8H14.C7H13NO.C7H11N.C7H14O.C7H14.C6H12N4/c1-4-11-9(10)7-5-6-8(2)3;1-6(2)4-11-5-7(3)8(9)10;1-7(2)6-11-5-3-4-8(9)10;1-7(2)5-10-6-8(3)4-9;1-8(2)7-10-6-4-5-9-3;1-6(2)4-11-5-7(3)8(9)10;1-7(2)5-4-6-8(9)10-3;1-4-5-8(9)10-6-7(2)3;1-7(2)5-6-8(3)4;1-4-5-6-7-8(2)3;1-6(2)4-3-5-7(8)9;1-7(2)5-3-4-6-8;1-4-5-8-6-7(2)3;1-4-5-6-7(2)3;1-5(2)4-6-7-9-10(3)8-6/h5,7-8H,4,6H2,1-3H3;6H,3-5H2,1-2H3,(H2,9,10);3-4,7H,5-6H2,1-2H3,(H2,9,10);7H,3,5-6H2,1-2H3;4-5,8H,6-7H2,1-2H3;6H,3-5H2,1-2H3,(H,9,10);4,6-7H,5H2,1-3H3;4,7H,1,5-6H2,2-3H3;5,8H,6H2,1-4H3;4-6,8H,1,7H2,2-3H3;3,5-6H,4H2,1-2H3,(H2,8,9);3-4,7H,5H2,1-2H3;4,7H,1,5-6H2,2-3H3;4,7H,1,5-6H2,2-3H3;5H,4H2,1-3H3/b7-5-;;4-3+;;5-4+;;6-4-;;;6-5+;5-3-;4-3-;;;. The molecule has 0 spiro atoms. The van der Waals surface area contributed by atoms with Crippen molar-refractivity contribution in [3.05, 3.63) is 201 Å². The molecule has 0 aliphatic rings. The van der Waals surface area contributed by atoms with Crippen molar-refractivity contribution in [1.29, 1.82) is 10.5 Å². The van der Waals surface area contributed by atoms with Gasteiger partial charge in [0.15, 0.2) is 12.0 Å². The van der Waals surface area contributed by atoms with Crippen LogP contribution in [0.1, 0.15) is 292 Å². The van der Waals surface area contributed by atoms with Crippen LogP contribution >= 0.6 is 0 Å². The highest BCUT2D eigenvalue weighted by Gasteiger charge is 2.07. The number of ether oxygens (including phenoxy) is 9. The van der Waals surface area contributed by atoms with Crippen LogP contribution in [0.3, 0.4) is 0 Å². The van der Waals surface area contributed by atoms with Gasteiger partial charge < -0.3 is 64.9 Å². The first-order valence-electron chi connectivity index (χ1n) is 49.8. The van der Waals surface area contributed by atoms with Gasteiger partial charge in [-0.05, 0) is 172 Å². The van der Waals surface area contributed by atoms with Crippen LogP contribution in [-0.2, 0) is 89.7 Å². The van der Waals surface area contributed by atoms with Gasteiger partial charge >= 0.3 is 23.9 Å². The van der Waals surface area contributed by atoms with Gasteiger partial charge in [-0.2, -0.15) is 15.3 Å². The van der Waals surface area contributed by atoms with Crippen molar-refractivity contribution in [2.45, 2.75) is 293 Å². The van der Waals surface area contributed by atoms with Crippen LogP contribution in [-0.4, -0.2) is 167 Å². The van der Waals surface area contributed by atoms with Crippen molar-refractivity contribution < 1.29 is 81.3 Å². The number of allylic oxidation sites excluding steroid dienone is 11. The van der Waals surface area contributed by atoms with Crippen molar-refractivity contribution in [1.82, 2.24) is 20.2 Å². The zero-order valence-electron chi connectivity index (χ0n) is 95.9. The maximum absolute atomic E-state index is 10.7. The number of carbonyl (C=O) groups is 7. The predicted octanol–water partition coefficient (Wildman–Crippen LogP) is 26.0. The molecule has 0 saturated carbocycles. The number of esters is 3. The molecule has 0 aliphatic heterocycles. The lowest BCUT2D eigenvalue weighted by Gasteiger charge is -2.05. The fraction of sp³-hybridized carbons (Fsp3) is 0.643. The Balaban J connectivity index is -0.000000103. The molecule has 0 radical (unpaired) electrons. The van der Waals surface area contributed by atoms with Crippen LogP contribution in [0.5, 0.6) is 0 Å². The topological polar surface area (TPSA) is 396 Å². The van der Waals surface area contributed by atoms with Gasteiger partial charge in [0.25, 0.3) is 0 Å². The first-order chi connectivity index (χ1) is 66.1. The van der Waals surface area contributed by atoms with E-state index in [-0.39, 0.29) is 42.6 Å². The summed E-state index contributed by atoms with van der Waals surface area (Å²) in [6.07, 6.45) is 42.6. The second-order valence-corrected chi connectivity index (χ2v) is 38.5. The van der Waals surface area contributed by atoms with Crippen LogP contribution in [0.2, 0.25) is 0 Å². The Bertz CT molecular complexity index is 3540. The van der Waals surface area contributed by atoms with Gasteiger partial charge in [0, 0.05) is 81.5 Å². The van der Waals surface area contributed by atoms with Crippen molar-refractivity contribution in [3.63, 3.8) is 0 Å². The summed E-state index contributed by atoms with van der Waals surface area (Å²) in [5.41, 5.74) is 17.0. The molecule has 27 nitrogen and oxygen atoms in total. The summed E-state index contributed by atoms with van der Waals surface area (Å²) in [5, 5.41) is 36.3. The van der Waals surface area contributed by atoms with Gasteiger partial charge in [-0.3, -0.25) is 19.2 Å². The summed E-state index contributed by atoms with van der Waals surface area (Å²) >= 11 is 0. The van der Waals surface area contributed by atoms with E-state index in [1.54, 1.807) is 44.4 Å². The number of carboxylic acid groups (broad SMARTS) is 1. The van der Waals surface area contributed by atoms with Gasteiger partial charge in [0.1, 0.15) is 0 Å². The average Bonchev–Trinajstić information content (AvgIpc) is 1.79. The lowest BCUT2D eigenvalue weighted by molar-refractivity contribution is -0.143. The highest BCUT2D eigenvalue weighted by Crippen LogP contribution is 2.08. The molecule has 0 saturated heterocycles. The van der Waals surface area contributed by atoms with Crippen LogP contribution in [0.15, 0.2) is 184 Å². The normalized spacial score (nSPS) is 10.3. The molecule has 1 aromatic heterocycles. The number of nitriles is 2. The zero-order chi connectivity index (χ0) is 113. The number of amides is 3. The quantitative estimate of drug-likeness (QED) is 0.00688. The Kier molecular flexibility index (Phi) is 145. The zero-order valence-corrected chi connectivity index (χ0v) is 95.9. The molecule has 820 valence electrons. The van der Waals surface area contributed by atoms with Crippen molar-refractivity contribution in [3.8, 4) is 12.1 Å². The molecule has 142 heavy (non-hydrogen) atoms. The molecule has 0 bridgehead atoms. The largest absolute Gasteiger partial charge is 0.478 e. The first kappa shape index (κ1) is 162. The van der Waals surface area contributed by atoms with E-state index in [0.29, 0.717) is 155 Å². The van der Waals surface area contributed by atoms with Crippen molar-refractivity contribution >= 4 is 41.6 Å². The number of rotatable bonds is 53. The third-order valence-corrected chi connectivity index (χ3v) is 14.2. The average molecular weight is 2000 g/mol. The Morgan fingerprint density at radius 2 is 0.852 bits per heavy atom. The Labute approximate surface area is 867 Å². The van der Waals surface area contributed by atoms with Crippen molar-refractivity contribution in [2.75, 3.05) is 99.6 Å². The highest BCUT2D eigenvalue weighted by atomic mass is 16.5. The number of nitrogens with zero attached hydrogens (tertiary/aromatic N) is 7. The van der Waals surface area contributed by atoms with E-state index < -0.39 is 17.8 Å². The molecule has 1 aromatic rings. The number of methoxy groups -OCH3 is 1. The van der Waals surface area contributed by atoms with E-state index in [4.69, 9.17) is 77.3 Å². The lowest BCUT2D eigenvalue weighted by atomic mass is 10.1. The van der Waals surface area contributed by atoms with E-state index in [1.165, 1.54) is 66.9 Å². The fourth-order valence-electron chi connectivity index (χ4n) is 7.37. The van der Waals surface area contributed by atoms with E-state index >= 15 is 0 Å².